The summed E-state index contributed by atoms with van der Waals surface area (Å²) in [4.78, 5) is 25.7. The third-order valence-corrected chi connectivity index (χ3v) is 10.6. The Morgan fingerprint density at radius 3 is 2.52 bits per heavy atom. The van der Waals surface area contributed by atoms with E-state index in [2.05, 4.69) is 32.2 Å². The molecule has 0 bridgehead atoms. The van der Waals surface area contributed by atoms with Crippen LogP contribution in [0.25, 0.3) is 0 Å². The Labute approximate surface area is 188 Å². The lowest BCUT2D eigenvalue weighted by Gasteiger charge is -2.61. The number of nitrogens with one attached hydrogen (secondary N) is 1. The molecule has 4 fully saturated rings. The molecule has 4 saturated carbocycles. The monoisotopic (exact) mass is 429 g/mol. The van der Waals surface area contributed by atoms with Crippen LogP contribution < -0.4 is 5.32 Å². The number of fused-ring (bicyclic) bond motifs is 5. The maximum absolute atomic E-state index is 13.9. The van der Waals surface area contributed by atoms with Crippen LogP contribution in [0.1, 0.15) is 85.5 Å². The molecule has 0 saturated heterocycles. The smallest absolute Gasteiger partial charge is 0.219 e. The average Bonchev–Trinajstić information content (AvgIpc) is 3.10. The third kappa shape index (κ3) is 3.52. The van der Waals surface area contributed by atoms with E-state index in [0.29, 0.717) is 35.9 Å². The number of carbonyl (C=O) groups is 2. The summed E-state index contributed by atoms with van der Waals surface area (Å²) in [7, 11) is 1.72. The molecule has 174 valence electrons. The maximum Gasteiger partial charge on any atom is 0.219 e. The Kier molecular flexibility index (Phi) is 6.17. The lowest BCUT2D eigenvalue weighted by atomic mass is 9.43. The van der Waals surface area contributed by atoms with Gasteiger partial charge in [-0.1, -0.05) is 26.8 Å². The minimum Gasteiger partial charge on any atom is -0.393 e. The lowest BCUT2D eigenvalue weighted by molar-refractivity contribution is -0.150. The van der Waals surface area contributed by atoms with Crippen molar-refractivity contribution in [3.05, 3.63) is 11.6 Å². The fourth-order valence-corrected chi connectivity index (χ4v) is 8.85. The zero-order valence-electron chi connectivity index (χ0n) is 20.2. The molecule has 0 spiro atoms. The van der Waals surface area contributed by atoms with E-state index in [9.17, 15) is 14.7 Å². The summed E-state index contributed by atoms with van der Waals surface area (Å²) in [5.74, 6) is 2.94. The minimum absolute atomic E-state index is 0.133. The van der Waals surface area contributed by atoms with Crippen LogP contribution in [0.4, 0.5) is 0 Å². The summed E-state index contributed by atoms with van der Waals surface area (Å²) in [6, 6.07) is 0. The molecule has 4 aliphatic carbocycles. The van der Waals surface area contributed by atoms with Crippen molar-refractivity contribution >= 4 is 11.7 Å². The number of allylic oxidation sites excluding steroid dienone is 2. The zero-order valence-corrected chi connectivity index (χ0v) is 20.2. The molecule has 9 atom stereocenters. The molecule has 1 amide bonds. The minimum atomic E-state index is -0.261. The van der Waals surface area contributed by atoms with Gasteiger partial charge in [-0.3, -0.25) is 9.59 Å². The normalized spacial score (nSPS) is 46.8. The Bertz CT molecular complexity index is 760. The van der Waals surface area contributed by atoms with Crippen LogP contribution in [0.15, 0.2) is 11.6 Å². The summed E-state index contributed by atoms with van der Waals surface area (Å²) >= 11 is 0. The van der Waals surface area contributed by atoms with Crippen LogP contribution in [0.5, 0.6) is 0 Å². The van der Waals surface area contributed by atoms with E-state index < -0.39 is 0 Å². The number of Topliss-reactive ketones (excluding diaryl/α,β-unsaturated/α-hetero) is 1. The molecule has 0 radical (unpaired) electrons. The number of hydrogen-bond acceptors (Lipinski definition) is 3. The van der Waals surface area contributed by atoms with Crippen molar-refractivity contribution in [1.29, 1.82) is 0 Å². The number of hydrogen-bond donors (Lipinski definition) is 2. The van der Waals surface area contributed by atoms with Crippen LogP contribution in [-0.4, -0.2) is 29.9 Å². The summed E-state index contributed by atoms with van der Waals surface area (Å²) in [6.45, 7) is 9.24. The van der Waals surface area contributed by atoms with E-state index in [1.54, 1.807) is 7.05 Å². The zero-order chi connectivity index (χ0) is 22.6. The maximum atomic E-state index is 13.9. The lowest BCUT2D eigenvalue weighted by Crippen LogP contribution is -2.58. The molecule has 31 heavy (non-hydrogen) atoms. The average molecular weight is 430 g/mol. The molecule has 0 aromatic heterocycles. The van der Waals surface area contributed by atoms with Crippen molar-refractivity contribution in [1.82, 2.24) is 5.32 Å². The second-order valence-electron chi connectivity index (χ2n) is 11.8. The Hall–Kier alpha value is -1.16. The summed E-state index contributed by atoms with van der Waals surface area (Å²) in [5.41, 5.74) is 1.36. The van der Waals surface area contributed by atoms with Gasteiger partial charge in [0.1, 0.15) is 0 Å². The van der Waals surface area contributed by atoms with Crippen LogP contribution in [0, 0.1) is 46.3 Å². The second kappa shape index (κ2) is 8.32. The number of ketones is 1. The van der Waals surface area contributed by atoms with Gasteiger partial charge in [0.2, 0.25) is 5.91 Å². The molecular formula is C27H43NO3. The van der Waals surface area contributed by atoms with Gasteiger partial charge in [0.05, 0.1) is 6.10 Å². The molecule has 2 N–H and O–H groups in total. The standard InChI is InChI=1S/C27H43NO3/c1-6-18-22-15-17(29)11-13-27(22,4)21-12-14-26(3)19(16(2)7-10-23(30)28-5)8-9-20(26)24(21)25(18)31/h6,16-17,19-22,24,29H,7-15H2,1-5H3,(H,28,30)/b18-6+/t16-,17-,19-,20?,21?,22+,24?,26-,27-/m1/s1. The predicted octanol–water partition coefficient (Wildman–Crippen LogP) is 4.90. The largest absolute Gasteiger partial charge is 0.393 e. The van der Waals surface area contributed by atoms with Crippen molar-refractivity contribution in [3.8, 4) is 0 Å². The predicted molar refractivity (Wildman–Crippen MR) is 123 cm³/mol. The first-order valence-electron chi connectivity index (χ1n) is 12.8. The Morgan fingerprint density at radius 2 is 1.84 bits per heavy atom. The van der Waals surface area contributed by atoms with Crippen LogP contribution in [-0.2, 0) is 9.59 Å². The van der Waals surface area contributed by atoms with Crippen molar-refractivity contribution in [2.45, 2.75) is 91.6 Å². The molecule has 4 nitrogen and oxygen atoms in total. The highest BCUT2D eigenvalue weighted by Gasteiger charge is 2.64. The number of amides is 1. The van der Waals surface area contributed by atoms with E-state index in [-0.39, 0.29) is 34.7 Å². The first kappa shape index (κ1) is 23.0. The van der Waals surface area contributed by atoms with Gasteiger partial charge >= 0.3 is 0 Å². The van der Waals surface area contributed by atoms with Gasteiger partial charge in [-0.2, -0.15) is 0 Å². The first-order chi connectivity index (χ1) is 14.7. The summed E-state index contributed by atoms with van der Waals surface area (Å²) < 4.78 is 0. The molecule has 0 heterocycles. The van der Waals surface area contributed by atoms with Crippen molar-refractivity contribution in [3.63, 3.8) is 0 Å². The molecule has 4 rings (SSSR count). The quantitative estimate of drug-likeness (QED) is 0.625. The molecule has 0 aromatic carbocycles. The van der Waals surface area contributed by atoms with Gasteiger partial charge < -0.3 is 10.4 Å². The van der Waals surface area contributed by atoms with Crippen LogP contribution >= 0.6 is 0 Å². The highest BCUT2D eigenvalue weighted by Crippen LogP contribution is 2.68. The van der Waals surface area contributed by atoms with Gasteiger partial charge in [0, 0.05) is 19.4 Å². The van der Waals surface area contributed by atoms with Crippen LogP contribution in [0.3, 0.4) is 0 Å². The van der Waals surface area contributed by atoms with Gasteiger partial charge in [0.25, 0.3) is 0 Å². The van der Waals surface area contributed by atoms with Crippen LogP contribution in [0.2, 0.25) is 0 Å². The number of aliphatic hydroxyl groups excluding tert-OH is 1. The number of aliphatic hydroxyl groups is 1. The van der Waals surface area contributed by atoms with E-state index in [0.717, 1.165) is 44.1 Å². The van der Waals surface area contributed by atoms with E-state index in [1.807, 2.05) is 6.92 Å². The molecular weight excluding hydrogens is 386 g/mol. The highest BCUT2D eigenvalue weighted by molar-refractivity contribution is 5.99. The number of carbonyl (C=O) groups excluding carboxylic acids is 2. The third-order valence-electron chi connectivity index (χ3n) is 10.6. The molecule has 0 aliphatic heterocycles. The Balaban J connectivity index is 1.61. The molecule has 0 aromatic rings. The van der Waals surface area contributed by atoms with Gasteiger partial charge in [-0.05, 0) is 104 Å². The summed E-state index contributed by atoms with van der Waals surface area (Å²) in [6.07, 6.45) is 10.7. The van der Waals surface area contributed by atoms with Crippen molar-refractivity contribution in [2.24, 2.45) is 46.3 Å². The van der Waals surface area contributed by atoms with Gasteiger partial charge in [-0.15, -0.1) is 0 Å². The summed E-state index contributed by atoms with van der Waals surface area (Å²) in [5, 5.41) is 13.1. The number of rotatable bonds is 4. The highest BCUT2D eigenvalue weighted by atomic mass is 16.3. The SMILES string of the molecule is C/C=C1/C(=O)C2C3CC[C@H]([C@H](C)CCC(=O)NC)[C@@]3(C)CCC2[C@@]2(C)CC[C@@H](O)C[C@@H]12. The topological polar surface area (TPSA) is 66.4 Å². The van der Waals surface area contributed by atoms with Gasteiger partial charge in [0.15, 0.2) is 5.78 Å². The van der Waals surface area contributed by atoms with Gasteiger partial charge in [-0.25, -0.2) is 0 Å². The Morgan fingerprint density at radius 1 is 1.16 bits per heavy atom. The van der Waals surface area contributed by atoms with Crippen molar-refractivity contribution < 1.29 is 14.7 Å². The van der Waals surface area contributed by atoms with E-state index in [4.69, 9.17) is 0 Å². The van der Waals surface area contributed by atoms with E-state index in [1.165, 1.54) is 12.8 Å². The fraction of sp³-hybridized carbons (Fsp3) is 0.852. The molecule has 4 heteroatoms. The fourth-order valence-electron chi connectivity index (χ4n) is 8.85. The van der Waals surface area contributed by atoms with Crippen molar-refractivity contribution in [2.75, 3.05) is 7.05 Å². The molecule has 4 aliphatic rings. The second-order valence-corrected chi connectivity index (χ2v) is 11.8. The molecule has 3 unspecified atom stereocenters. The van der Waals surface area contributed by atoms with E-state index >= 15 is 0 Å². The first-order valence-corrected chi connectivity index (χ1v) is 12.8.